The molecule has 93 heavy (non-hydrogen) atoms. The molecule has 35 heteroatoms. The summed E-state index contributed by atoms with van der Waals surface area (Å²) in [5.74, 6) is -10.2. The van der Waals surface area contributed by atoms with Crippen LogP contribution in [0.5, 0.6) is 0 Å². The average Bonchev–Trinajstić information content (AvgIpc) is 2.29. The second-order valence-electron chi connectivity index (χ2n) is 21.8. The molecule has 0 spiro atoms. The summed E-state index contributed by atoms with van der Waals surface area (Å²) in [6.45, 7) is 6.22. The van der Waals surface area contributed by atoms with Gasteiger partial charge in [0.25, 0.3) is 5.91 Å². The summed E-state index contributed by atoms with van der Waals surface area (Å²) < 4.78 is 1.86. The molecule has 33 nitrogen and oxygen atoms in total. The molecule has 2 aromatic carbocycles. The molecular weight excluding hydrogens is 1250 g/mol. The number of carbonyl (C=O) groups is 11. The van der Waals surface area contributed by atoms with Crippen molar-refractivity contribution in [2.75, 3.05) is 39.4 Å². The summed E-state index contributed by atoms with van der Waals surface area (Å²) in [7, 11) is 0. The minimum atomic E-state index is -1.48. The molecular formula is C58H87Cl2N21O12. The number of aliphatic carboxylic acids is 1. The zero-order valence-electron chi connectivity index (χ0n) is 52.4. The second-order valence-corrected chi connectivity index (χ2v) is 22.7. The smallest absolute Gasteiger partial charge is 0.325 e. The van der Waals surface area contributed by atoms with Crippen molar-refractivity contribution in [3.05, 3.63) is 88.2 Å². The predicted molar refractivity (Wildman–Crippen MR) is 349 cm³/mol. The largest absolute Gasteiger partial charge is 0.480 e. The van der Waals surface area contributed by atoms with E-state index in [-0.39, 0.29) is 118 Å². The Bertz CT molecular complexity index is 3120. The third kappa shape index (κ3) is 29.8. The average molecular weight is 1340 g/mol. The molecule has 3 rings (SSSR count). The normalized spacial score (nSPS) is 13.4. The van der Waals surface area contributed by atoms with E-state index in [0.717, 1.165) is 5.69 Å². The van der Waals surface area contributed by atoms with E-state index in [2.05, 4.69) is 73.5 Å². The number of guanidine groups is 3. The summed E-state index contributed by atoms with van der Waals surface area (Å²) in [5.41, 5.74) is 34.6. The quantitative estimate of drug-likeness (QED) is 0.0114. The van der Waals surface area contributed by atoms with Crippen LogP contribution >= 0.6 is 23.2 Å². The lowest BCUT2D eigenvalue weighted by Gasteiger charge is -2.27. The minimum absolute atomic E-state index is 0.00732. The fraction of sp³-hybridized carbons (Fsp3) is 0.483. The number of rotatable bonds is 40. The highest BCUT2D eigenvalue weighted by molar-refractivity contribution is 6.42. The predicted octanol–water partition coefficient (Wildman–Crippen LogP) is -3.35. The van der Waals surface area contributed by atoms with Gasteiger partial charge in [-0.3, -0.25) is 73.0 Å². The van der Waals surface area contributed by atoms with Crippen LogP contribution in [0.1, 0.15) is 95.5 Å². The number of halogens is 2. The molecule has 0 fully saturated rings. The Kier molecular flexibility index (Phi) is 33.5. The SMILES string of the molecule is CC(C)C[C@H](NC(=O)[C@H](C)NC(=O)CNC(=O)[C@H](CCCN=C(N)N)NC(=O)[C@H](CCCN=C(N)N)NC(=O)[C@H](C)NC(=O)Cc1ccc(Cl)c(Cl)c1)C(=O)N[C@@H](CCCN=C(N)N)C(=O)N[C@@H](CNCNC(=O)c1ccc(-n2cccc2)cc1)C(=O)N[C@@H](C)C(=O)O. The van der Waals surface area contributed by atoms with E-state index in [1.165, 1.54) is 32.9 Å². The Morgan fingerprint density at radius 1 is 0.505 bits per heavy atom. The van der Waals surface area contributed by atoms with Crippen LogP contribution in [0.25, 0.3) is 5.69 Å². The van der Waals surface area contributed by atoms with Crippen LogP contribution in [0.2, 0.25) is 10.0 Å². The number of carboxylic acid groups (broad SMARTS) is 1. The monoisotopic (exact) mass is 1340 g/mol. The van der Waals surface area contributed by atoms with Crippen LogP contribution in [0.4, 0.5) is 0 Å². The van der Waals surface area contributed by atoms with Gasteiger partial charge in [-0.05, 0) is 126 Å². The highest BCUT2D eigenvalue weighted by atomic mass is 35.5. The van der Waals surface area contributed by atoms with Gasteiger partial charge in [-0.2, -0.15) is 0 Å². The van der Waals surface area contributed by atoms with Gasteiger partial charge in [0.15, 0.2) is 17.9 Å². The van der Waals surface area contributed by atoms with Crippen LogP contribution in [0.3, 0.4) is 0 Å². The molecule has 0 bridgehead atoms. The molecule has 24 N–H and O–H groups in total. The van der Waals surface area contributed by atoms with Gasteiger partial charge in [-0.25, -0.2) is 0 Å². The van der Waals surface area contributed by atoms with Gasteiger partial charge in [0, 0.05) is 49.8 Å². The van der Waals surface area contributed by atoms with Crippen molar-refractivity contribution < 1.29 is 57.8 Å². The molecule has 0 saturated heterocycles. The molecule has 10 amide bonds. The van der Waals surface area contributed by atoms with Gasteiger partial charge in [-0.1, -0.05) is 43.1 Å². The highest BCUT2D eigenvalue weighted by Crippen LogP contribution is 2.23. The number of hydrogen-bond donors (Lipinski definition) is 18. The first kappa shape index (κ1) is 77.5. The van der Waals surface area contributed by atoms with Gasteiger partial charge in [0.1, 0.15) is 48.3 Å². The molecule has 0 saturated carbocycles. The van der Waals surface area contributed by atoms with Crippen molar-refractivity contribution in [1.82, 2.24) is 63.1 Å². The number of aromatic nitrogens is 1. The van der Waals surface area contributed by atoms with E-state index in [1.54, 1.807) is 44.2 Å². The third-order valence-corrected chi connectivity index (χ3v) is 14.2. The number of amides is 10. The number of benzene rings is 2. The first-order valence-electron chi connectivity index (χ1n) is 29.7. The maximum atomic E-state index is 14.2. The molecule has 0 aliphatic carbocycles. The zero-order chi connectivity index (χ0) is 69.3. The van der Waals surface area contributed by atoms with Crippen molar-refractivity contribution in [1.29, 1.82) is 0 Å². The molecule has 8 atom stereocenters. The van der Waals surface area contributed by atoms with E-state index >= 15 is 0 Å². The first-order chi connectivity index (χ1) is 43.9. The molecule has 0 aliphatic rings. The van der Waals surface area contributed by atoms with Crippen LogP contribution in [-0.2, 0) is 54.4 Å². The summed E-state index contributed by atoms with van der Waals surface area (Å²) >= 11 is 12.1. The fourth-order valence-electron chi connectivity index (χ4n) is 8.61. The van der Waals surface area contributed by atoms with Crippen LogP contribution in [-0.4, -0.2) is 180 Å². The molecule has 0 unspecified atom stereocenters. The van der Waals surface area contributed by atoms with Gasteiger partial charge in [0.05, 0.1) is 29.7 Å². The lowest BCUT2D eigenvalue weighted by Crippen LogP contribution is -2.60. The number of carbonyl (C=O) groups excluding carboxylic acids is 10. The number of aliphatic imine (C=N–C) groups is 3. The Morgan fingerprint density at radius 3 is 1.44 bits per heavy atom. The van der Waals surface area contributed by atoms with E-state index in [0.29, 0.717) is 11.1 Å². The maximum absolute atomic E-state index is 14.2. The Labute approximate surface area is 547 Å². The van der Waals surface area contributed by atoms with Crippen molar-refractivity contribution in [2.24, 2.45) is 55.3 Å². The lowest BCUT2D eigenvalue weighted by molar-refractivity contribution is -0.141. The molecule has 0 aliphatic heterocycles. The molecule has 3 aromatic rings. The van der Waals surface area contributed by atoms with Crippen molar-refractivity contribution in [3.8, 4) is 5.69 Å². The van der Waals surface area contributed by atoms with Gasteiger partial charge < -0.3 is 97.2 Å². The number of nitrogens with one attached hydrogen (secondary N) is 11. The summed E-state index contributed by atoms with van der Waals surface area (Å²) in [4.78, 5) is 160. The summed E-state index contributed by atoms with van der Waals surface area (Å²) in [6, 6.07) is 4.23. The third-order valence-electron chi connectivity index (χ3n) is 13.5. The Morgan fingerprint density at radius 2 is 0.957 bits per heavy atom. The number of hydrogen-bond acceptors (Lipinski definition) is 15. The summed E-state index contributed by atoms with van der Waals surface area (Å²) in [6.07, 6.45) is 3.69. The second kappa shape index (κ2) is 40.2. The molecule has 0 radical (unpaired) electrons. The first-order valence-corrected chi connectivity index (χ1v) is 30.4. The van der Waals surface area contributed by atoms with Crippen molar-refractivity contribution in [2.45, 2.75) is 134 Å². The number of nitrogens with two attached hydrogens (primary N) is 6. The number of carboxylic acids is 1. The lowest BCUT2D eigenvalue weighted by atomic mass is 10.0. The minimum Gasteiger partial charge on any atom is -0.480 e. The molecule has 1 aromatic heterocycles. The van der Waals surface area contributed by atoms with Crippen molar-refractivity contribution in [3.63, 3.8) is 0 Å². The Balaban J connectivity index is 1.74. The van der Waals surface area contributed by atoms with E-state index in [1.807, 2.05) is 29.1 Å². The fourth-order valence-corrected chi connectivity index (χ4v) is 8.93. The molecule has 510 valence electrons. The van der Waals surface area contributed by atoms with Crippen LogP contribution in [0.15, 0.2) is 82.0 Å². The Hall–Kier alpha value is -9.76. The standard InChI is InChI=1S/C58H87Cl2N21O12/c1-31(2)25-43(53(90)78-42(13-10-22-70-58(65)66)52(89)80-44(54(91)75-34(5)55(92)93)28-67-30-72-49(86)36-15-17-37(18-16-36)81-23-6-7-24-81)79-48(85)33(4)74-46(83)29-71-50(87)40(11-8-20-68-56(61)62)77-51(88)41(12-9-21-69-57(63)64)76-47(84)32(3)73-45(82)27-35-14-19-38(59)39(60)26-35/h6-7,14-19,23-24,26,31-34,40-44,67H,8-13,20-22,25,27-30H2,1-5H3,(H,71,87)(H,72,86)(H,73,82)(H,74,83)(H,75,91)(H,76,84)(H,77,88)(H,78,90)(H,79,85)(H,80,89)(H,92,93)(H4,61,62,68)(H4,63,64,69)(H4,65,66,70)/t32-,33-,34-,40-,41-,42-,43-,44-/m0/s1. The van der Waals surface area contributed by atoms with Crippen molar-refractivity contribution >= 4 is 106 Å². The van der Waals surface area contributed by atoms with E-state index < -0.39 is 120 Å². The maximum Gasteiger partial charge on any atom is 0.325 e. The van der Waals surface area contributed by atoms with Crippen LogP contribution < -0.4 is 92.9 Å². The van der Waals surface area contributed by atoms with Crippen LogP contribution in [0, 0.1) is 5.92 Å². The van der Waals surface area contributed by atoms with Gasteiger partial charge in [0.2, 0.25) is 53.2 Å². The van der Waals surface area contributed by atoms with Gasteiger partial charge >= 0.3 is 5.97 Å². The highest BCUT2D eigenvalue weighted by Gasteiger charge is 2.33. The van der Waals surface area contributed by atoms with E-state index in [4.69, 9.17) is 57.6 Å². The zero-order valence-corrected chi connectivity index (χ0v) is 53.9. The summed E-state index contributed by atoms with van der Waals surface area (Å²) in [5, 5.41) is 38.3. The van der Waals surface area contributed by atoms with Gasteiger partial charge in [-0.15, -0.1) is 0 Å². The van der Waals surface area contributed by atoms with E-state index in [9.17, 15) is 57.8 Å². The topological polar surface area (TPSA) is 538 Å². The number of nitrogens with zero attached hydrogens (tertiary/aromatic N) is 4. The molecule has 1 heterocycles.